The summed E-state index contributed by atoms with van der Waals surface area (Å²) in [6, 6.07) is 8.29. The highest BCUT2D eigenvalue weighted by Gasteiger charge is 2.26. The number of nitrogens with zero attached hydrogens (tertiary/aromatic N) is 1. The molecule has 2 nitrogen and oxygen atoms in total. The number of benzene rings is 1. The van der Waals surface area contributed by atoms with Crippen molar-refractivity contribution in [2.45, 2.75) is 52.2 Å². The molecule has 0 saturated carbocycles. The first-order valence-electron chi connectivity index (χ1n) is 6.29. The molecule has 1 aromatic carbocycles. The number of rotatable bonds is 3. The summed E-state index contributed by atoms with van der Waals surface area (Å²) in [6.07, 6.45) is 0. The molecule has 0 bridgehead atoms. The van der Waals surface area contributed by atoms with Crippen molar-refractivity contribution in [2.75, 3.05) is 0 Å². The van der Waals surface area contributed by atoms with Gasteiger partial charge in [-0.2, -0.15) is 0 Å². The van der Waals surface area contributed by atoms with Gasteiger partial charge in [0.25, 0.3) is 0 Å². The molecular formula is C15H23NOS. The molecule has 100 valence electrons. The lowest BCUT2D eigenvalue weighted by Gasteiger charge is -2.19. The van der Waals surface area contributed by atoms with Gasteiger partial charge in [0, 0.05) is 5.56 Å². The second-order valence-corrected chi connectivity index (χ2v) is 7.72. The molecule has 1 atom stereocenters. The van der Waals surface area contributed by atoms with Gasteiger partial charge < -0.3 is 4.55 Å². The van der Waals surface area contributed by atoms with Crippen molar-refractivity contribution in [3.05, 3.63) is 35.4 Å². The lowest BCUT2D eigenvalue weighted by Crippen LogP contribution is -2.26. The van der Waals surface area contributed by atoms with Crippen LogP contribution in [0.1, 0.15) is 58.6 Å². The fourth-order valence-corrected chi connectivity index (χ4v) is 2.06. The van der Waals surface area contributed by atoms with Crippen molar-refractivity contribution in [3.8, 4) is 0 Å². The van der Waals surface area contributed by atoms with E-state index >= 15 is 0 Å². The highest BCUT2D eigenvalue weighted by atomic mass is 32.2. The Bertz CT molecular complexity index is 432. The molecule has 0 spiro atoms. The Hall–Kier alpha value is -0.800. The third-order valence-corrected chi connectivity index (χ3v) is 4.20. The second kappa shape index (κ2) is 5.89. The third-order valence-electron chi connectivity index (χ3n) is 2.71. The first-order chi connectivity index (χ1) is 8.21. The molecular weight excluding hydrogens is 242 g/mol. The summed E-state index contributed by atoms with van der Waals surface area (Å²) in [5.74, 6) is 0.492. The van der Waals surface area contributed by atoms with Gasteiger partial charge in [0.05, 0.1) is 5.71 Å². The fourth-order valence-electron chi connectivity index (χ4n) is 1.44. The zero-order valence-corrected chi connectivity index (χ0v) is 13.0. The minimum atomic E-state index is -1.20. The predicted octanol–water partition coefficient (Wildman–Crippen LogP) is 4.08. The molecule has 1 aromatic rings. The van der Waals surface area contributed by atoms with E-state index in [1.165, 1.54) is 5.56 Å². The van der Waals surface area contributed by atoms with Crippen molar-refractivity contribution in [1.29, 1.82) is 0 Å². The van der Waals surface area contributed by atoms with Crippen molar-refractivity contribution >= 4 is 17.1 Å². The van der Waals surface area contributed by atoms with Gasteiger partial charge >= 0.3 is 0 Å². The van der Waals surface area contributed by atoms with E-state index in [4.69, 9.17) is 0 Å². The average molecular weight is 265 g/mol. The monoisotopic (exact) mass is 265 g/mol. The van der Waals surface area contributed by atoms with E-state index in [1.54, 1.807) is 0 Å². The van der Waals surface area contributed by atoms with E-state index in [2.05, 4.69) is 30.4 Å². The average Bonchev–Trinajstić information content (AvgIpc) is 2.27. The maximum atomic E-state index is 12.0. The summed E-state index contributed by atoms with van der Waals surface area (Å²) < 4.78 is 16.0. The van der Waals surface area contributed by atoms with Crippen molar-refractivity contribution in [3.63, 3.8) is 0 Å². The van der Waals surface area contributed by atoms with Gasteiger partial charge in [-0.05, 0) is 45.2 Å². The van der Waals surface area contributed by atoms with Gasteiger partial charge in [-0.25, -0.2) is 0 Å². The van der Waals surface area contributed by atoms with Crippen LogP contribution in [0.15, 0.2) is 28.7 Å². The molecule has 0 fully saturated rings. The normalized spacial score (nSPS) is 15.0. The molecule has 0 aliphatic carbocycles. The van der Waals surface area contributed by atoms with Crippen LogP contribution in [0.25, 0.3) is 0 Å². The Morgan fingerprint density at radius 3 is 2.39 bits per heavy atom. The molecule has 1 unspecified atom stereocenters. The molecule has 18 heavy (non-hydrogen) atoms. The van der Waals surface area contributed by atoms with Gasteiger partial charge in [-0.15, -0.1) is 0 Å². The van der Waals surface area contributed by atoms with E-state index in [1.807, 2.05) is 39.8 Å². The van der Waals surface area contributed by atoms with Crippen LogP contribution in [-0.4, -0.2) is 15.0 Å². The van der Waals surface area contributed by atoms with E-state index < -0.39 is 11.4 Å². The first-order valence-corrected chi connectivity index (χ1v) is 7.40. The minimum absolute atomic E-state index is 0.309. The summed E-state index contributed by atoms with van der Waals surface area (Å²) in [6.45, 7) is 12.1. The first kappa shape index (κ1) is 15.3. The zero-order valence-electron chi connectivity index (χ0n) is 12.2. The molecule has 0 aliphatic heterocycles. The van der Waals surface area contributed by atoms with Gasteiger partial charge in [0.15, 0.2) is 0 Å². The van der Waals surface area contributed by atoms with Gasteiger partial charge in [0.2, 0.25) is 0 Å². The quantitative estimate of drug-likeness (QED) is 0.599. The van der Waals surface area contributed by atoms with E-state index in [0.29, 0.717) is 5.92 Å². The van der Waals surface area contributed by atoms with Gasteiger partial charge in [-0.1, -0.05) is 36.4 Å². The Labute approximate surface area is 114 Å². The third kappa shape index (κ3) is 4.14. The lowest BCUT2D eigenvalue weighted by atomic mass is 9.99. The van der Waals surface area contributed by atoms with Crippen molar-refractivity contribution in [2.24, 2.45) is 4.40 Å². The maximum absolute atomic E-state index is 12.0. The van der Waals surface area contributed by atoms with Gasteiger partial charge in [-0.3, -0.25) is 0 Å². The molecule has 0 heterocycles. The predicted molar refractivity (Wildman–Crippen MR) is 80.6 cm³/mol. The van der Waals surface area contributed by atoms with E-state index in [-0.39, 0.29) is 4.75 Å². The lowest BCUT2D eigenvalue weighted by molar-refractivity contribution is 0.561. The SMILES string of the molecule is C/C(=N\[S+]([O-])C(C)(C)C)c1cccc(C(C)C)c1. The summed E-state index contributed by atoms with van der Waals surface area (Å²) in [5.41, 5.74) is 3.17. The Kier molecular flexibility index (Phi) is 5.00. The van der Waals surface area contributed by atoms with Crippen molar-refractivity contribution in [1.82, 2.24) is 0 Å². The highest BCUT2D eigenvalue weighted by Crippen LogP contribution is 2.20. The van der Waals surface area contributed by atoms with Crippen LogP contribution < -0.4 is 0 Å². The fraction of sp³-hybridized carbons (Fsp3) is 0.533. The van der Waals surface area contributed by atoms with E-state index in [9.17, 15) is 4.55 Å². The number of hydrogen-bond donors (Lipinski definition) is 0. The second-order valence-electron chi connectivity index (χ2n) is 5.82. The summed E-state index contributed by atoms with van der Waals surface area (Å²) in [5, 5.41) is 0. The molecule has 0 aliphatic rings. The Morgan fingerprint density at radius 1 is 1.28 bits per heavy atom. The number of hydrogen-bond acceptors (Lipinski definition) is 2. The molecule has 3 heteroatoms. The Morgan fingerprint density at radius 2 is 1.89 bits per heavy atom. The Balaban J connectivity index is 3.00. The van der Waals surface area contributed by atoms with Gasteiger partial charge in [0.1, 0.15) is 16.1 Å². The minimum Gasteiger partial charge on any atom is -0.591 e. The summed E-state index contributed by atoms with van der Waals surface area (Å²) in [4.78, 5) is 0. The van der Waals surface area contributed by atoms with E-state index in [0.717, 1.165) is 11.3 Å². The van der Waals surface area contributed by atoms with Crippen LogP contribution in [0, 0.1) is 0 Å². The molecule has 0 radical (unpaired) electrons. The molecule has 0 saturated heterocycles. The van der Waals surface area contributed by atoms with Crippen molar-refractivity contribution < 1.29 is 4.55 Å². The van der Waals surface area contributed by atoms with Crippen LogP contribution in [-0.2, 0) is 11.4 Å². The van der Waals surface area contributed by atoms with Crippen LogP contribution in [0.3, 0.4) is 0 Å². The van der Waals surface area contributed by atoms with Crippen LogP contribution in [0.5, 0.6) is 0 Å². The van der Waals surface area contributed by atoms with Crippen LogP contribution in [0.4, 0.5) is 0 Å². The molecule has 0 N–H and O–H groups in total. The summed E-state index contributed by atoms with van der Waals surface area (Å²) in [7, 11) is 0. The smallest absolute Gasteiger partial charge is 0.144 e. The largest absolute Gasteiger partial charge is 0.591 e. The molecule has 0 amide bonds. The zero-order chi connectivity index (χ0) is 13.9. The molecule has 0 aromatic heterocycles. The summed E-state index contributed by atoms with van der Waals surface area (Å²) >= 11 is -1.20. The van der Waals surface area contributed by atoms with Crippen LogP contribution in [0.2, 0.25) is 0 Å². The topological polar surface area (TPSA) is 35.4 Å². The molecule has 1 rings (SSSR count). The highest BCUT2D eigenvalue weighted by molar-refractivity contribution is 7.91. The maximum Gasteiger partial charge on any atom is 0.144 e. The standard InChI is InChI=1S/C15H23NOS/c1-11(2)13-8-7-9-14(10-13)12(3)16-18(17)15(4,5)6/h7-11H,1-6H3/b16-12+. The van der Waals surface area contributed by atoms with Crippen LogP contribution >= 0.6 is 0 Å².